The highest BCUT2D eigenvalue weighted by Crippen LogP contribution is 2.24. The number of piperidine rings is 1. The number of hydrogen-bond donors (Lipinski definition) is 1. The van der Waals surface area contributed by atoms with Crippen LogP contribution in [0.2, 0.25) is 0 Å². The van der Waals surface area contributed by atoms with Crippen molar-refractivity contribution in [3.05, 3.63) is 34.9 Å². The number of benzene rings is 1. The predicted molar refractivity (Wildman–Crippen MR) is 82.6 cm³/mol. The molecular formula is C17H28N2. The Hall–Kier alpha value is -0.860. The number of nitrogens with one attached hydrogen (secondary N) is 1. The van der Waals surface area contributed by atoms with E-state index in [0.717, 1.165) is 5.92 Å². The normalized spacial score (nSPS) is 18.8. The van der Waals surface area contributed by atoms with Gasteiger partial charge in [-0.15, -0.1) is 0 Å². The van der Waals surface area contributed by atoms with Crippen LogP contribution in [0, 0.1) is 19.8 Å². The lowest BCUT2D eigenvalue weighted by Gasteiger charge is -2.31. The van der Waals surface area contributed by atoms with E-state index in [0.29, 0.717) is 6.04 Å². The summed E-state index contributed by atoms with van der Waals surface area (Å²) < 4.78 is 0. The lowest BCUT2D eigenvalue weighted by Crippen LogP contribution is -2.35. The molecule has 1 aromatic rings. The molecule has 0 saturated carbocycles. The third-order valence-electron chi connectivity index (χ3n) is 4.39. The van der Waals surface area contributed by atoms with Gasteiger partial charge in [0.2, 0.25) is 0 Å². The summed E-state index contributed by atoms with van der Waals surface area (Å²) in [5.41, 5.74) is 4.20. The van der Waals surface area contributed by atoms with Crippen molar-refractivity contribution in [3.8, 4) is 0 Å². The van der Waals surface area contributed by atoms with Crippen LogP contribution >= 0.6 is 0 Å². The molecule has 0 aliphatic carbocycles. The first-order valence-electron chi connectivity index (χ1n) is 7.55. The molecule has 2 rings (SSSR count). The van der Waals surface area contributed by atoms with Gasteiger partial charge in [0.05, 0.1) is 0 Å². The van der Waals surface area contributed by atoms with Crippen LogP contribution in [0.25, 0.3) is 0 Å². The predicted octanol–water partition coefficient (Wildman–Crippen LogP) is 3.30. The minimum atomic E-state index is 0.508. The highest BCUT2D eigenvalue weighted by Gasteiger charge is 2.19. The Balaban J connectivity index is 1.99. The molecule has 19 heavy (non-hydrogen) atoms. The topological polar surface area (TPSA) is 15.3 Å². The summed E-state index contributed by atoms with van der Waals surface area (Å²) in [5.74, 6) is 0.861. The highest BCUT2D eigenvalue weighted by atomic mass is 15.1. The molecule has 1 heterocycles. The Morgan fingerprint density at radius 1 is 1.16 bits per heavy atom. The van der Waals surface area contributed by atoms with Crippen LogP contribution in [0.5, 0.6) is 0 Å². The van der Waals surface area contributed by atoms with E-state index in [1.54, 1.807) is 0 Å². The fourth-order valence-corrected chi connectivity index (χ4v) is 3.14. The average molecular weight is 260 g/mol. The molecule has 0 spiro atoms. The summed E-state index contributed by atoms with van der Waals surface area (Å²) in [7, 11) is 2.27. The lowest BCUT2D eigenvalue weighted by atomic mass is 9.96. The number of rotatable bonds is 4. The Bertz CT molecular complexity index is 387. The summed E-state index contributed by atoms with van der Waals surface area (Å²) in [5, 5.41) is 3.45. The van der Waals surface area contributed by atoms with Gasteiger partial charge in [-0.3, -0.25) is 4.90 Å². The van der Waals surface area contributed by atoms with Crippen molar-refractivity contribution in [1.82, 2.24) is 10.2 Å². The van der Waals surface area contributed by atoms with E-state index < -0.39 is 0 Å². The highest BCUT2D eigenvalue weighted by molar-refractivity contribution is 5.30. The molecule has 1 unspecified atom stereocenters. The summed E-state index contributed by atoms with van der Waals surface area (Å²) in [6.45, 7) is 10.3. The van der Waals surface area contributed by atoms with E-state index in [2.05, 4.69) is 56.2 Å². The van der Waals surface area contributed by atoms with E-state index in [1.165, 1.54) is 49.2 Å². The molecule has 0 bridgehead atoms. The van der Waals surface area contributed by atoms with Crippen molar-refractivity contribution in [2.24, 2.45) is 5.92 Å². The van der Waals surface area contributed by atoms with Gasteiger partial charge in [0.15, 0.2) is 0 Å². The molecule has 1 aliphatic heterocycles. The molecule has 2 nitrogen and oxygen atoms in total. The Morgan fingerprint density at radius 3 is 2.32 bits per heavy atom. The quantitative estimate of drug-likeness (QED) is 0.893. The SMILES string of the molecule is Cc1cc(C)cc(C(C)N(C)CC2CCNCC2)c1. The van der Waals surface area contributed by atoms with Crippen LogP contribution in [0.4, 0.5) is 0 Å². The fourth-order valence-electron chi connectivity index (χ4n) is 3.14. The second-order valence-electron chi connectivity index (χ2n) is 6.23. The van der Waals surface area contributed by atoms with Gasteiger partial charge in [-0.25, -0.2) is 0 Å². The Kier molecular flexibility index (Phi) is 5.00. The number of aryl methyl sites for hydroxylation is 2. The van der Waals surface area contributed by atoms with E-state index >= 15 is 0 Å². The minimum absolute atomic E-state index is 0.508. The minimum Gasteiger partial charge on any atom is -0.317 e. The van der Waals surface area contributed by atoms with Crippen molar-refractivity contribution < 1.29 is 0 Å². The van der Waals surface area contributed by atoms with Crippen LogP contribution in [-0.2, 0) is 0 Å². The van der Waals surface area contributed by atoms with Gasteiger partial charge in [-0.05, 0) is 65.2 Å². The molecule has 1 aliphatic rings. The second-order valence-corrected chi connectivity index (χ2v) is 6.23. The zero-order chi connectivity index (χ0) is 13.8. The molecule has 0 radical (unpaired) electrons. The van der Waals surface area contributed by atoms with Crippen LogP contribution in [-0.4, -0.2) is 31.6 Å². The standard InChI is InChI=1S/C17H28N2/c1-13-9-14(2)11-17(10-13)15(3)19(4)12-16-5-7-18-8-6-16/h9-11,15-16,18H,5-8,12H2,1-4H3. The number of hydrogen-bond acceptors (Lipinski definition) is 2. The van der Waals surface area contributed by atoms with E-state index in [-0.39, 0.29) is 0 Å². The smallest absolute Gasteiger partial charge is 0.0317 e. The fraction of sp³-hybridized carbons (Fsp3) is 0.647. The lowest BCUT2D eigenvalue weighted by molar-refractivity contribution is 0.196. The first-order chi connectivity index (χ1) is 9.06. The maximum Gasteiger partial charge on any atom is 0.0317 e. The molecule has 106 valence electrons. The molecule has 2 heteroatoms. The second kappa shape index (κ2) is 6.53. The van der Waals surface area contributed by atoms with Gasteiger partial charge in [0, 0.05) is 12.6 Å². The van der Waals surface area contributed by atoms with Crippen molar-refractivity contribution >= 4 is 0 Å². The van der Waals surface area contributed by atoms with E-state index in [9.17, 15) is 0 Å². The first kappa shape index (κ1) is 14.5. The molecule has 1 N–H and O–H groups in total. The van der Waals surface area contributed by atoms with Gasteiger partial charge >= 0.3 is 0 Å². The van der Waals surface area contributed by atoms with Gasteiger partial charge in [0.1, 0.15) is 0 Å². The maximum atomic E-state index is 3.45. The van der Waals surface area contributed by atoms with Crippen molar-refractivity contribution in [1.29, 1.82) is 0 Å². The van der Waals surface area contributed by atoms with Crippen LogP contribution < -0.4 is 5.32 Å². The summed E-state index contributed by atoms with van der Waals surface area (Å²) in [6, 6.07) is 7.42. The van der Waals surface area contributed by atoms with Crippen molar-refractivity contribution in [2.45, 2.75) is 39.7 Å². The summed E-state index contributed by atoms with van der Waals surface area (Å²) in [6.07, 6.45) is 2.65. The van der Waals surface area contributed by atoms with Crippen LogP contribution in [0.1, 0.15) is 42.5 Å². The van der Waals surface area contributed by atoms with Crippen molar-refractivity contribution in [3.63, 3.8) is 0 Å². The van der Waals surface area contributed by atoms with Gasteiger partial charge < -0.3 is 5.32 Å². The first-order valence-corrected chi connectivity index (χ1v) is 7.55. The summed E-state index contributed by atoms with van der Waals surface area (Å²) in [4.78, 5) is 2.52. The van der Waals surface area contributed by atoms with Gasteiger partial charge in [-0.2, -0.15) is 0 Å². The largest absolute Gasteiger partial charge is 0.317 e. The Labute approximate surface area is 118 Å². The zero-order valence-electron chi connectivity index (χ0n) is 12.9. The molecule has 1 saturated heterocycles. The van der Waals surface area contributed by atoms with Gasteiger partial charge in [0.25, 0.3) is 0 Å². The zero-order valence-corrected chi connectivity index (χ0v) is 12.9. The molecule has 0 amide bonds. The molecular weight excluding hydrogens is 232 g/mol. The molecule has 0 aromatic heterocycles. The molecule has 1 aromatic carbocycles. The van der Waals surface area contributed by atoms with Crippen molar-refractivity contribution in [2.75, 3.05) is 26.7 Å². The van der Waals surface area contributed by atoms with Crippen LogP contribution in [0.3, 0.4) is 0 Å². The summed E-state index contributed by atoms with van der Waals surface area (Å²) >= 11 is 0. The van der Waals surface area contributed by atoms with E-state index in [4.69, 9.17) is 0 Å². The van der Waals surface area contributed by atoms with Crippen LogP contribution in [0.15, 0.2) is 18.2 Å². The average Bonchev–Trinajstić information content (AvgIpc) is 2.37. The maximum absolute atomic E-state index is 3.45. The van der Waals surface area contributed by atoms with Gasteiger partial charge in [-0.1, -0.05) is 29.3 Å². The third kappa shape index (κ3) is 4.05. The third-order valence-corrected chi connectivity index (χ3v) is 4.39. The Morgan fingerprint density at radius 2 is 1.74 bits per heavy atom. The van der Waals surface area contributed by atoms with E-state index in [1.807, 2.05) is 0 Å². The molecule has 1 fully saturated rings. The molecule has 1 atom stereocenters. The number of nitrogens with zero attached hydrogens (tertiary/aromatic N) is 1. The monoisotopic (exact) mass is 260 g/mol.